The van der Waals surface area contributed by atoms with Crippen LogP contribution >= 0.6 is 27.3 Å². The number of hydrogen-bond acceptors (Lipinski definition) is 4. The lowest BCUT2D eigenvalue weighted by atomic mass is 10.2. The molecule has 0 bridgehead atoms. The summed E-state index contributed by atoms with van der Waals surface area (Å²) in [5.41, 5.74) is 1.09. The highest BCUT2D eigenvalue weighted by molar-refractivity contribution is 9.10. The Labute approximate surface area is 126 Å². The second kappa shape index (κ2) is 7.03. The first-order chi connectivity index (χ1) is 9.16. The van der Waals surface area contributed by atoms with Crippen LogP contribution in [0, 0.1) is 0 Å². The summed E-state index contributed by atoms with van der Waals surface area (Å²) in [6.45, 7) is 5.61. The highest BCUT2D eigenvalue weighted by Crippen LogP contribution is 2.22. The molecule has 0 saturated heterocycles. The van der Waals surface area contributed by atoms with Crippen LogP contribution in [0.2, 0.25) is 0 Å². The fourth-order valence-electron chi connectivity index (χ4n) is 1.65. The summed E-state index contributed by atoms with van der Waals surface area (Å²) in [4.78, 5) is 5.58. The molecule has 3 nitrogen and oxygen atoms in total. The molecule has 0 aliphatic carbocycles. The van der Waals surface area contributed by atoms with Crippen LogP contribution in [-0.4, -0.2) is 11.1 Å². The second-order valence-electron chi connectivity index (χ2n) is 4.43. The largest absolute Gasteiger partial charge is 0.475 e. The number of aromatic nitrogens is 1. The lowest BCUT2D eigenvalue weighted by Gasteiger charge is -2.13. The van der Waals surface area contributed by atoms with Crippen molar-refractivity contribution in [2.45, 2.75) is 33.0 Å². The van der Waals surface area contributed by atoms with E-state index >= 15 is 0 Å². The van der Waals surface area contributed by atoms with Gasteiger partial charge < -0.3 is 10.1 Å². The van der Waals surface area contributed by atoms with Crippen LogP contribution in [0.15, 0.2) is 34.2 Å². The molecule has 2 aromatic heterocycles. The van der Waals surface area contributed by atoms with Gasteiger partial charge in [-0.3, -0.25) is 0 Å². The molecular formula is C14H17BrN2OS. The summed E-state index contributed by atoms with van der Waals surface area (Å²) in [5, 5.41) is 5.50. The number of hydrogen-bond donors (Lipinski definition) is 1. The maximum Gasteiger partial charge on any atom is 0.218 e. The van der Waals surface area contributed by atoms with Crippen molar-refractivity contribution in [3.8, 4) is 5.88 Å². The maximum absolute atomic E-state index is 5.70. The van der Waals surface area contributed by atoms with Crippen LogP contribution in [0.3, 0.4) is 0 Å². The molecule has 0 atom stereocenters. The highest BCUT2D eigenvalue weighted by Gasteiger charge is 2.07. The van der Waals surface area contributed by atoms with Crippen molar-refractivity contribution in [3.63, 3.8) is 0 Å². The van der Waals surface area contributed by atoms with Crippen molar-refractivity contribution in [3.05, 3.63) is 44.7 Å². The Kier molecular flexibility index (Phi) is 5.36. The van der Waals surface area contributed by atoms with Gasteiger partial charge in [0.25, 0.3) is 0 Å². The van der Waals surface area contributed by atoms with Gasteiger partial charge in [-0.25, -0.2) is 4.98 Å². The van der Waals surface area contributed by atoms with E-state index in [4.69, 9.17) is 4.74 Å². The average Bonchev–Trinajstić information content (AvgIpc) is 2.77. The molecule has 0 aliphatic heterocycles. The van der Waals surface area contributed by atoms with E-state index in [0.29, 0.717) is 0 Å². The Hall–Kier alpha value is -0.910. The molecule has 0 saturated carbocycles. The number of rotatable bonds is 6. The van der Waals surface area contributed by atoms with Gasteiger partial charge in [-0.05, 0) is 47.3 Å². The van der Waals surface area contributed by atoms with Crippen LogP contribution in [-0.2, 0) is 13.1 Å². The van der Waals surface area contributed by atoms with E-state index in [1.165, 1.54) is 4.88 Å². The van der Waals surface area contributed by atoms with Crippen LogP contribution in [0.1, 0.15) is 24.3 Å². The summed E-state index contributed by atoms with van der Waals surface area (Å²) < 4.78 is 6.86. The fraction of sp³-hybridized carbons (Fsp3) is 0.357. The predicted octanol–water partition coefficient (Wildman–Crippen LogP) is 3.98. The second-order valence-corrected chi connectivity index (χ2v) is 6.28. The molecule has 19 heavy (non-hydrogen) atoms. The summed E-state index contributed by atoms with van der Waals surface area (Å²) in [6.07, 6.45) is 1.90. The van der Waals surface area contributed by atoms with Gasteiger partial charge in [0.15, 0.2) is 0 Å². The zero-order chi connectivity index (χ0) is 13.7. The minimum Gasteiger partial charge on any atom is -0.475 e. The Morgan fingerprint density at radius 3 is 2.89 bits per heavy atom. The van der Waals surface area contributed by atoms with Gasteiger partial charge >= 0.3 is 0 Å². The topological polar surface area (TPSA) is 34.1 Å². The van der Waals surface area contributed by atoms with E-state index in [1.807, 2.05) is 26.0 Å². The lowest BCUT2D eigenvalue weighted by Crippen LogP contribution is -2.15. The van der Waals surface area contributed by atoms with E-state index in [1.54, 1.807) is 17.5 Å². The zero-order valence-electron chi connectivity index (χ0n) is 11.0. The van der Waals surface area contributed by atoms with Crippen LogP contribution in [0.5, 0.6) is 5.88 Å². The van der Waals surface area contributed by atoms with Gasteiger partial charge in [-0.1, -0.05) is 6.07 Å². The number of thiophene rings is 1. The first kappa shape index (κ1) is 14.5. The molecule has 5 heteroatoms. The minimum atomic E-state index is 0.139. The highest BCUT2D eigenvalue weighted by atomic mass is 79.9. The van der Waals surface area contributed by atoms with Crippen molar-refractivity contribution < 1.29 is 4.74 Å². The first-order valence-electron chi connectivity index (χ1n) is 6.20. The quantitative estimate of drug-likeness (QED) is 0.863. The van der Waals surface area contributed by atoms with Gasteiger partial charge in [0.1, 0.15) is 0 Å². The van der Waals surface area contributed by atoms with Crippen molar-refractivity contribution in [1.82, 2.24) is 10.3 Å². The Balaban J connectivity index is 1.94. The van der Waals surface area contributed by atoms with Crippen molar-refractivity contribution in [1.29, 1.82) is 0 Å². The number of nitrogens with one attached hydrogen (secondary N) is 1. The normalized spacial score (nSPS) is 10.9. The molecular weight excluding hydrogens is 324 g/mol. The van der Waals surface area contributed by atoms with Crippen molar-refractivity contribution >= 4 is 27.3 Å². The van der Waals surface area contributed by atoms with Crippen molar-refractivity contribution in [2.24, 2.45) is 0 Å². The Morgan fingerprint density at radius 2 is 2.21 bits per heavy atom. The molecule has 0 radical (unpaired) electrons. The van der Waals surface area contributed by atoms with Crippen LogP contribution in [0.25, 0.3) is 0 Å². The SMILES string of the molecule is CC(C)Oc1ncccc1CNCc1sccc1Br. The summed E-state index contributed by atoms with van der Waals surface area (Å²) in [7, 11) is 0. The van der Waals surface area contributed by atoms with Gasteiger partial charge in [0.2, 0.25) is 5.88 Å². The molecule has 0 spiro atoms. The van der Waals surface area contributed by atoms with Crippen LogP contribution in [0.4, 0.5) is 0 Å². The van der Waals surface area contributed by atoms with E-state index in [9.17, 15) is 0 Å². The number of halogens is 1. The third-order valence-electron chi connectivity index (χ3n) is 2.49. The third-order valence-corrected chi connectivity index (χ3v) is 4.42. The van der Waals surface area contributed by atoms with E-state index in [0.717, 1.165) is 29.0 Å². The standard InChI is InChI=1S/C14H17BrN2OS/c1-10(2)18-14-11(4-3-6-17-14)8-16-9-13-12(15)5-7-19-13/h3-7,10,16H,8-9H2,1-2H3. The summed E-state index contributed by atoms with van der Waals surface area (Å²) in [5.74, 6) is 0.718. The molecule has 0 fully saturated rings. The molecule has 0 unspecified atom stereocenters. The van der Waals surface area contributed by atoms with E-state index in [2.05, 4.69) is 37.7 Å². The number of pyridine rings is 1. The fourth-order valence-corrected chi connectivity index (χ4v) is 3.11. The summed E-state index contributed by atoms with van der Waals surface area (Å²) >= 11 is 5.28. The smallest absolute Gasteiger partial charge is 0.218 e. The maximum atomic E-state index is 5.70. The molecule has 0 aliphatic rings. The molecule has 2 heterocycles. The van der Waals surface area contributed by atoms with Gasteiger partial charge in [-0.15, -0.1) is 11.3 Å². The molecule has 102 valence electrons. The Bertz CT molecular complexity index is 528. The van der Waals surface area contributed by atoms with E-state index < -0.39 is 0 Å². The Morgan fingerprint density at radius 1 is 1.37 bits per heavy atom. The monoisotopic (exact) mass is 340 g/mol. The number of nitrogens with zero attached hydrogens (tertiary/aromatic N) is 1. The first-order valence-corrected chi connectivity index (χ1v) is 7.87. The predicted molar refractivity (Wildman–Crippen MR) is 82.6 cm³/mol. The van der Waals surface area contributed by atoms with Gasteiger partial charge in [0, 0.05) is 34.2 Å². The van der Waals surface area contributed by atoms with Crippen molar-refractivity contribution in [2.75, 3.05) is 0 Å². The molecule has 2 aromatic rings. The average molecular weight is 341 g/mol. The third kappa shape index (κ3) is 4.30. The van der Waals surface area contributed by atoms with Gasteiger partial charge in [0.05, 0.1) is 6.10 Å². The molecule has 0 aromatic carbocycles. The van der Waals surface area contributed by atoms with E-state index in [-0.39, 0.29) is 6.10 Å². The van der Waals surface area contributed by atoms with Crippen LogP contribution < -0.4 is 10.1 Å². The lowest BCUT2D eigenvalue weighted by molar-refractivity contribution is 0.229. The molecule has 1 N–H and O–H groups in total. The van der Waals surface area contributed by atoms with Gasteiger partial charge in [-0.2, -0.15) is 0 Å². The summed E-state index contributed by atoms with van der Waals surface area (Å²) in [6, 6.07) is 6.05. The minimum absolute atomic E-state index is 0.139. The number of ether oxygens (including phenoxy) is 1. The zero-order valence-corrected chi connectivity index (χ0v) is 13.4. The molecule has 2 rings (SSSR count). The molecule has 0 amide bonds.